The number of hydrogen-bond acceptors (Lipinski definition) is 2. The van der Waals surface area contributed by atoms with Crippen molar-refractivity contribution in [3.8, 4) is 0 Å². The van der Waals surface area contributed by atoms with E-state index in [1.54, 1.807) is 6.21 Å². The Hall–Kier alpha value is -1.25. The van der Waals surface area contributed by atoms with Crippen molar-refractivity contribution in [1.82, 2.24) is 0 Å². The van der Waals surface area contributed by atoms with Gasteiger partial charge in [-0.2, -0.15) is 0 Å². The Labute approximate surface area is 67.3 Å². The van der Waals surface area contributed by atoms with E-state index in [1.165, 1.54) is 0 Å². The molecule has 0 atom stereocenters. The molecular weight excluding hydrogens is 137 g/mol. The van der Waals surface area contributed by atoms with Gasteiger partial charge in [0.15, 0.2) is 7.85 Å². The minimum Gasteiger partial charge on any atom is -0.405 e. The van der Waals surface area contributed by atoms with Crippen molar-refractivity contribution in [3.63, 3.8) is 0 Å². The lowest BCUT2D eigenvalue weighted by molar-refractivity contribution is 0.194. The first-order chi connectivity index (χ1) is 5.43. The van der Waals surface area contributed by atoms with Crippen LogP contribution in [-0.2, 0) is 4.84 Å². The van der Waals surface area contributed by atoms with Crippen LogP contribution in [0.2, 0.25) is 0 Å². The maximum Gasteiger partial charge on any atom is 0.154 e. The molecule has 1 aromatic rings. The molecule has 0 aliphatic heterocycles. The third-order valence-electron chi connectivity index (χ3n) is 1.20. The fourth-order valence-electron chi connectivity index (χ4n) is 0.712. The van der Waals surface area contributed by atoms with Gasteiger partial charge < -0.3 is 4.84 Å². The number of oxime groups is 1. The van der Waals surface area contributed by atoms with E-state index in [0.717, 1.165) is 5.56 Å². The monoisotopic (exact) mass is 147 g/mol. The van der Waals surface area contributed by atoms with E-state index in [0.29, 0.717) is 6.51 Å². The Morgan fingerprint density at radius 2 is 2.09 bits per heavy atom. The van der Waals surface area contributed by atoms with Gasteiger partial charge in [-0.1, -0.05) is 35.5 Å². The van der Waals surface area contributed by atoms with Gasteiger partial charge in [0.1, 0.15) is 0 Å². The minimum absolute atomic E-state index is 0.614. The summed E-state index contributed by atoms with van der Waals surface area (Å²) in [5.74, 6) is 0. The summed E-state index contributed by atoms with van der Waals surface area (Å²) < 4.78 is 0. The Bertz CT molecular complexity index is 223. The summed E-state index contributed by atoms with van der Waals surface area (Å²) in [6, 6.07) is 9.85. The van der Waals surface area contributed by atoms with Gasteiger partial charge in [0.25, 0.3) is 0 Å². The van der Waals surface area contributed by atoms with E-state index in [-0.39, 0.29) is 0 Å². The van der Waals surface area contributed by atoms with Gasteiger partial charge in [-0.05, 0) is 5.56 Å². The summed E-state index contributed by atoms with van der Waals surface area (Å²) in [5, 5.41) is 3.74. The molecule has 0 saturated carbocycles. The van der Waals surface area contributed by atoms with E-state index < -0.39 is 0 Å². The molecule has 11 heavy (non-hydrogen) atoms. The molecule has 0 heterocycles. The molecule has 1 aromatic carbocycles. The van der Waals surface area contributed by atoms with Crippen LogP contribution in [0.1, 0.15) is 5.56 Å². The highest BCUT2D eigenvalue weighted by molar-refractivity contribution is 6.08. The summed E-state index contributed by atoms with van der Waals surface area (Å²) in [5.41, 5.74) is 1.06. The zero-order valence-corrected chi connectivity index (χ0v) is 6.53. The molecule has 0 N–H and O–H groups in total. The Kier molecular flexibility index (Phi) is 3.25. The van der Waals surface area contributed by atoms with Gasteiger partial charge in [-0.3, -0.25) is 0 Å². The minimum atomic E-state index is 0.614. The zero-order chi connectivity index (χ0) is 7.94. The van der Waals surface area contributed by atoms with E-state index in [4.69, 9.17) is 4.84 Å². The van der Waals surface area contributed by atoms with Crippen molar-refractivity contribution < 1.29 is 4.84 Å². The summed E-state index contributed by atoms with van der Waals surface area (Å²) >= 11 is 0. The number of benzene rings is 1. The molecule has 0 bridgehead atoms. The maximum atomic E-state index is 4.81. The molecule has 0 fully saturated rings. The molecule has 56 valence electrons. The first kappa shape index (κ1) is 7.86. The quantitative estimate of drug-likeness (QED) is 0.349. The van der Waals surface area contributed by atoms with Crippen molar-refractivity contribution >= 4 is 14.1 Å². The van der Waals surface area contributed by atoms with Crippen LogP contribution in [0.15, 0.2) is 35.5 Å². The molecule has 1 rings (SSSR count). The Morgan fingerprint density at radius 1 is 1.36 bits per heavy atom. The molecule has 2 nitrogen and oxygen atoms in total. The van der Waals surface area contributed by atoms with Crippen LogP contribution in [0.4, 0.5) is 0 Å². The molecule has 0 aliphatic carbocycles. The molecule has 0 amide bonds. The van der Waals surface area contributed by atoms with Gasteiger partial charge in [-0.25, -0.2) is 0 Å². The molecule has 0 unspecified atom stereocenters. The third-order valence-corrected chi connectivity index (χ3v) is 1.20. The molecule has 0 aromatic heterocycles. The third kappa shape index (κ3) is 2.89. The lowest BCUT2D eigenvalue weighted by Gasteiger charge is -1.91. The Morgan fingerprint density at radius 3 is 2.73 bits per heavy atom. The van der Waals surface area contributed by atoms with Gasteiger partial charge in [0, 0.05) is 0 Å². The average Bonchev–Trinajstić information content (AvgIpc) is 2.07. The van der Waals surface area contributed by atoms with Crippen LogP contribution < -0.4 is 0 Å². The summed E-state index contributed by atoms with van der Waals surface area (Å²) in [7, 11) is 1.91. The van der Waals surface area contributed by atoms with Crippen LogP contribution in [0, 0.1) is 0 Å². The standard InChI is InChI=1S/C8H10BNO/c9-7-11-10-6-8-4-2-1-3-5-8/h1-6H,7,9H2. The second kappa shape index (κ2) is 4.55. The second-order valence-corrected chi connectivity index (χ2v) is 2.06. The second-order valence-electron chi connectivity index (χ2n) is 2.06. The first-order valence-electron chi connectivity index (χ1n) is 3.64. The van der Waals surface area contributed by atoms with Crippen LogP contribution in [0.5, 0.6) is 0 Å². The molecular formula is C8H10BNO. The topological polar surface area (TPSA) is 21.6 Å². The van der Waals surface area contributed by atoms with Crippen molar-refractivity contribution in [2.24, 2.45) is 5.16 Å². The van der Waals surface area contributed by atoms with E-state index in [9.17, 15) is 0 Å². The fourth-order valence-corrected chi connectivity index (χ4v) is 0.712. The Balaban J connectivity index is 2.50. The summed E-state index contributed by atoms with van der Waals surface area (Å²) in [4.78, 5) is 4.81. The normalized spacial score (nSPS) is 10.2. The van der Waals surface area contributed by atoms with Crippen LogP contribution in [-0.4, -0.2) is 20.6 Å². The molecule has 3 heteroatoms. The van der Waals surface area contributed by atoms with E-state index in [2.05, 4.69) is 5.16 Å². The maximum absolute atomic E-state index is 4.81. The highest BCUT2D eigenvalue weighted by Crippen LogP contribution is 1.93. The number of nitrogens with zero attached hydrogens (tertiary/aromatic N) is 1. The van der Waals surface area contributed by atoms with Crippen molar-refractivity contribution in [3.05, 3.63) is 35.9 Å². The predicted octanol–water partition coefficient (Wildman–Crippen LogP) is 0.628. The van der Waals surface area contributed by atoms with Gasteiger partial charge in [0.2, 0.25) is 0 Å². The lowest BCUT2D eigenvalue weighted by atomic mass is 10.2. The fraction of sp³-hybridized carbons (Fsp3) is 0.125. The van der Waals surface area contributed by atoms with E-state index in [1.807, 2.05) is 38.2 Å². The van der Waals surface area contributed by atoms with Crippen LogP contribution >= 0.6 is 0 Å². The van der Waals surface area contributed by atoms with Crippen molar-refractivity contribution in [1.29, 1.82) is 0 Å². The molecule has 0 radical (unpaired) electrons. The number of rotatable bonds is 3. The molecule has 0 spiro atoms. The lowest BCUT2D eigenvalue weighted by Crippen LogP contribution is -1.86. The first-order valence-corrected chi connectivity index (χ1v) is 3.64. The molecule has 0 aliphatic rings. The SMILES string of the molecule is BCON=Cc1ccccc1. The summed E-state index contributed by atoms with van der Waals surface area (Å²) in [6.45, 7) is 0.614. The predicted molar refractivity (Wildman–Crippen MR) is 48.5 cm³/mol. The van der Waals surface area contributed by atoms with E-state index >= 15 is 0 Å². The van der Waals surface area contributed by atoms with Crippen molar-refractivity contribution in [2.75, 3.05) is 6.51 Å². The molecule has 0 saturated heterocycles. The van der Waals surface area contributed by atoms with Crippen LogP contribution in [0.3, 0.4) is 0 Å². The van der Waals surface area contributed by atoms with Crippen molar-refractivity contribution in [2.45, 2.75) is 0 Å². The average molecular weight is 147 g/mol. The number of hydrogen-bond donors (Lipinski definition) is 0. The highest BCUT2D eigenvalue weighted by Gasteiger charge is 1.81. The van der Waals surface area contributed by atoms with Crippen LogP contribution in [0.25, 0.3) is 0 Å². The van der Waals surface area contributed by atoms with Gasteiger partial charge in [0.05, 0.1) is 12.7 Å². The summed E-state index contributed by atoms with van der Waals surface area (Å²) in [6.07, 6.45) is 1.70. The van der Waals surface area contributed by atoms with Gasteiger partial charge >= 0.3 is 0 Å². The smallest absolute Gasteiger partial charge is 0.154 e. The zero-order valence-electron chi connectivity index (χ0n) is 6.53. The highest BCUT2D eigenvalue weighted by atomic mass is 16.6. The largest absolute Gasteiger partial charge is 0.405 e. The van der Waals surface area contributed by atoms with Gasteiger partial charge in [-0.15, -0.1) is 0 Å².